The second-order valence-corrected chi connectivity index (χ2v) is 6.48. The van der Waals surface area contributed by atoms with Gasteiger partial charge in [-0.1, -0.05) is 11.6 Å². The van der Waals surface area contributed by atoms with Crippen LogP contribution in [0.4, 0.5) is 5.69 Å². The van der Waals surface area contributed by atoms with Crippen LogP contribution in [0, 0.1) is 28.6 Å². The van der Waals surface area contributed by atoms with Gasteiger partial charge in [0.05, 0.1) is 24.8 Å². The molecule has 1 N–H and O–H groups in total. The number of hydrogen-bond donors (Lipinski definition) is 1. The van der Waals surface area contributed by atoms with Crippen molar-refractivity contribution in [3.63, 3.8) is 0 Å². The third-order valence-electron chi connectivity index (χ3n) is 4.13. The molecule has 1 heterocycles. The Morgan fingerprint density at radius 2 is 2.19 bits per heavy atom. The van der Waals surface area contributed by atoms with Gasteiger partial charge in [-0.15, -0.1) is 0 Å². The minimum Gasteiger partial charge on any atom is -0.495 e. The van der Waals surface area contributed by atoms with Crippen LogP contribution in [0.1, 0.15) is 13.3 Å². The molecule has 0 spiro atoms. The summed E-state index contributed by atoms with van der Waals surface area (Å²) < 4.78 is 10.2. The Morgan fingerprint density at radius 1 is 1.48 bits per heavy atom. The first-order valence-electron chi connectivity index (χ1n) is 8.06. The smallest absolute Gasteiger partial charge is 0.311 e. The summed E-state index contributed by atoms with van der Waals surface area (Å²) in [7, 11) is 1.46. The minimum atomic E-state index is -1.24. The van der Waals surface area contributed by atoms with Gasteiger partial charge in [-0.05, 0) is 25.1 Å². The van der Waals surface area contributed by atoms with Gasteiger partial charge < -0.3 is 19.8 Å². The van der Waals surface area contributed by atoms with Crippen molar-refractivity contribution >= 4 is 40.7 Å². The number of ketones is 1. The monoisotopic (exact) mass is 391 g/mol. The number of benzene rings is 1. The number of hydrogen-bond acceptors (Lipinski definition) is 7. The average Bonchev–Trinajstić information content (AvgIpc) is 3.01. The van der Waals surface area contributed by atoms with Crippen LogP contribution in [-0.4, -0.2) is 43.6 Å². The van der Waals surface area contributed by atoms with E-state index in [-0.39, 0.29) is 24.6 Å². The van der Waals surface area contributed by atoms with Crippen LogP contribution in [0.3, 0.4) is 0 Å². The molecule has 2 rings (SSSR count). The van der Waals surface area contributed by atoms with Gasteiger partial charge in [0.15, 0.2) is 12.4 Å². The largest absolute Gasteiger partial charge is 0.495 e. The van der Waals surface area contributed by atoms with E-state index in [1.165, 1.54) is 18.9 Å². The standard InChI is InChI=1S/C18H18ClN3O5/c1-10(21)13(7-20)15(23)9-27-18(25)11-5-17(24)22(8-11)14-6-12(19)3-4-16(14)26-2/h3-4,6,11,13,21H,5,8-9H2,1-2H3/t11-,13?/m1/s1. The molecule has 1 aromatic rings. The molecule has 1 unspecified atom stereocenters. The van der Waals surface area contributed by atoms with E-state index in [4.69, 9.17) is 31.7 Å². The van der Waals surface area contributed by atoms with E-state index in [1.807, 2.05) is 0 Å². The van der Waals surface area contributed by atoms with Gasteiger partial charge in [-0.3, -0.25) is 14.4 Å². The number of Topliss-reactive ketones (excluding diaryl/α,β-unsaturated/α-hetero) is 1. The quantitative estimate of drug-likeness (QED) is 0.560. The van der Waals surface area contributed by atoms with Gasteiger partial charge in [0.25, 0.3) is 0 Å². The van der Waals surface area contributed by atoms with E-state index in [0.717, 1.165) is 0 Å². The Labute approximate surface area is 161 Å². The number of nitrogens with one attached hydrogen (secondary N) is 1. The molecule has 27 heavy (non-hydrogen) atoms. The van der Waals surface area contributed by atoms with Crippen LogP contribution >= 0.6 is 11.6 Å². The van der Waals surface area contributed by atoms with Gasteiger partial charge in [0, 0.05) is 23.7 Å². The number of ether oxygens (including phenoxy) is 2. The molecular weight excluding hydrogens is 374 g/mol. The fourth-order valence-electron chi connectivity index (χ4n) is 2.73. The number of nitrogens with zero attached hydrogens (tertiary/aromatic N) is 2. The van der Waals surface area contributed by atoms with Gasteiger partial charge >= 0.3 is 5.97 Å². The Kier molecular flexibility index (Phi) is 6.53. The lowest BCUT2D eigenvalue weighted by Gasteiger charge is -2.19. The fraction of sp³-hybridized carbons (Fsp3) is 0.389. The highest BCUT2D eigenvalue weighted by Gasteiger charge is 2.37. The Hall–Kier alpha value is -2.92. The lowest BCUT2D eigenvalue weighted by Crippen LogP contribution is -2.29. The highest BCUT2D eigenvalue weighted by atomic mass is 35.5. The molecule has 0 radical (unpaired) electrons. The topological polar surface area (TPSA) is 121 Å². The molecule has 142 valence electrons. The molecule has 1 aliphatic rings. The zero-order valence-electron chi connectivity index (χ0n) is 14.8. The number of esters is 1. The number of halogens is 1. The lowest BCUT2D eigenvalue weighted by atomic mass is 10.0. The predicted octanol–water partition coefficient (Wildman–Crippen LogP) is 1.99. The molecule has 1 aliphatic heterocycles. The van der Waals surface area contributed by atoms with Crippen LogP contribution in [-0.2, 0) is 19.1 Å². The first kappa shape index (κ1) is 20.4. The molecule has 1 fully saturated rings. The maximum atomic E-state index is 12.3. The van der Waals surface area contributed by atoms with Crippen molar-refractivity contribution in [2.45, 2.75) is 13.3 Å². The van der Waals surface area contributed by atoms with E-state index >= 15 is 0 Å². The van der Waals surface area contributed by atoms with E-state index in [1.54, 1.807) is 24.3 Å². The molecular formula is C18H18ClN3O5. The average molecular weight is 392 g/mol. The molecule has 0 aliphatic carbocycles. The third kappa shape index (κ3) is 4.63. The SMILES string of the molecule is COc1ccc(Cl)cc1N1C[C@H](C(=O)OCC(=O)C(C#N)C(C)=N)CC1=O. The Bertz CT molecular complexity index is 833. The zero-order valence-corrected chi connectivity index (χ0v) is 15.6. The lowest BCUT2D eigenvalue weighted by molar-refractivity contribution is -0.152. The van der Waals surface area contributed by atoms with Crippen LogP contribution in [0.25, 0.3) is 0 Å². The van der Waals surface area contributed by atoms with Crippen LogP contribution in [0.2, 0.25) is 5.02 Å². The van der Waals surface area contributed by atoms with E-state index in [2.05, 4.69) is 0 Å². The summed E-state index contributed by atoms with van der Waals surface area (Å²) in [4.78, 5) is 37.8. The van der Waals surface area contributed by atoms with Crippen molar-refractivity contribution in [2.75, 3.05) is 25.2 Å². The molecule has 8 nitrogen and oxygen atoms in total. The highest BCUT2D eigenvalue weighted by molar-refractivity contribution is 6.31. The zero-order chi connectivity index (χ0) is 20.1. The van der Waals surface area contributed by atoms with Crippen LogP contribution < -0.4 is 9.64 Å². The molecule has 2 atom stereocenters. The van der Waals surface area contributed by atoms with Crippen molar-refractivity contribution in [1.29, 1.82) is 10.7 Å². The Morgan fingerprint density at radius 3 is 2.78 bits per heavy atom. The maximum absolute atomic E-state index is 12.3. The van der Waals surface area contributed by atoms with Crippen LogP contribution in [0.15, 0.2) is 18.2 Å². The van der Waals surface area contributed by atoms with Gasteiger partial charge in [0.1, 0.15) is 11.7 Å². The maximum Gasteiger partial charge on any atom is 0.311 e. The van der Waals surface area contributed by atoms with Gasteiger partial charge in [-0.25, -0.2) is 0 Å². The van der Waals surface area contributed by atoms with Crippen molar-refractivity contribution in [3.05, 3.63) is 23.2 Å². The minimum absolute atomic E-state index is 0.0633. The first-order valence-corrected chi connectivity index (χ1v) is 8.44. The number of nitriles is 1. The van der Waals surface area contributed by atoms with E-state index in [9.17, 15) is 14.4 Å². The molecule has 0 aromatic heterocycles. The number of anilines is 1. The van der Waals surface area contributed by atoms with Crippen molar-refractivity contribution in [3.8, 4) is 11.8 Å². The summed E-state index contributed by atoms with van der Waals surface area (Å²) in [5.74, 6) is -3.23. The van der Waals surface area contributed by atoms with E-state index < -0.39 is 30.2 Å². The van der Waals surface area contributed by atoms with Gasteiger partial charge in [0.2, 0.25) is 5.91 Å². The summed E-state index contributed by atoms with van der Waals surface area (Å²) in [5.41, 5.74) is 0.333. The highest BCUT2D eigenvalue weighted by Crippen LogP contribution is 2.35. The number of carbonyl (C=O) groups excluding carboxylic acids is 3. The number of carbonyl (C=O) groups is 3. The Balaban J connectivity index is 2.04. The second-order valence-electron chi connectivity index (χ2n) is 6.04. The van der Waals surface area contributed by atoms with Crippen LogP contribution in [0.5, 0.6) is 5.75 Å². The summed E-state index contributed by atoms with van der Waals surface area (Å²) in [6.45, 7) is 0.784. The predicted molar refractivity (Wildman–Crippen MR) is 96.9 cm³/mol. The number of methoxy groups -OCH3 is 1. The summed E-state index contributed by atoms with van der Waals surface area (Å²) in [6, 6.07) is 6.51. The summed E-state index contributed by atoms with van der Waals surface area (Å²) in [5, 5.41) is 16.7. The fourth-order valence-corrected chi connectivity index (χ4v) is 2.89. The third-order valence-corrected chi connectivity index (χ3v) is 4.37. The van der Waals surface area contributed by atoms with Crippen molar-refractivity contribution in [2.24, 2.45) is 11.8 Å². The molecule has 1 amide bonds. The summed E-state index contributed by atoms with van der Waals surface area (Å²) in [6.07, 6.45) is -0.0754. The first-order chi connectivity index (χ1) is 12.8. The number of rotatable bonds is 7. The van der Waals surface area contributed by atoms with Crippen molar-refractivity contribution in [1.82, 2.24) is 0 Å². The molecule has 1 saturated heterocycles. The van der Waals surface area contributed by atoms with Gasteiger partial charge in [-0.2, -0.15) is 5.26 Å². The summed E-state index contributed by atoms with van der Waals surface area (Å²) >= 11 is 5.99. The molecule has 0 saturated carbocycles. The second kappa shape index (κ2) is 8.64. The van der Waals surface area contributed by atoms with E-state index in [0.29, 0.717) is 16.5 Å². The number of amides is 1. The normalized spacial score (nSPS) is 17.2. The van der Waals surface area contributed by atoms with Crippen molar-refractivity contribution < 1.29 is 23.9 Å². The molecule has 1 aromatic carbocycles. The molecule has 0 bridgehead atoms. The molecule has 9 heteroatoms.